The lowest BCUT2D eigenvalue weighted by Crippen LogP contribution is -2.78. The summed E-state index contributed by atoms with van der Waals surface area (Å²) in [5.41, 5.74) is 9.34. The Morgan fingerprint density at radius 1 is 1.15 bits per heavy atom. The second-order valence-corrected chi connectivity index (χ2v) is 13.0. The van der Waals surface area contributed by atoms with E-state index < -0.39 is 17.1 Å². The molecule has 2 aromatic rings. The number of benzene rings is 2. The predicted molar refractivity (Wildman–Crippen MR) is 153 cm³/mol. The van der Waals surface area contributed by atoms with E-state index in [2.05, 4.69) is 36.1 Å². The topological polar surface area (TPSA) is 99.3 Å². The molecule has 214 valence electrons. The molecule has 40 heavy (non-hydrogen) atoms. The molecule has 7 rings (SSSR count). The summed E-state index contributed by atoms with van der Waals surface area (Å²) in [5, 5.41) is 23.7. The smallest absolute Gasteiger partial charge is 0.223 e. The highest BCUT2D eigenvalue weighted by Gasteiger charge is 2.74. The summed E-state index contributed by atoms with van der Waals surface area (Å²) in [5.74, 6) is 0.741. The minimum absolute atomic E-state index is 0.0362. The van der Waals surface area contributed by atoms with Crippen molar-refractivity contribution in [1.29, 1.82) is 0 Å². The number of likely N-dealkylation sites (tertiary alicyclic amines) is 1. The largest absolute Gasteiger partial charge is 0.504 e. The second kappa shape index (κ2) is 9.74. The van der Waals surface area contributed by atoms with Crippen LogP contribution in [0.3, 0.4) is 0 Å². The zero-order chi connectivity index (χ0) is 27.6. The minimum atomic E-state index is -0.950. The van der Waals surface area contributed by atoms with Crippen LogP contribution in [0.15, 0.2) is 36.4 Å². The average Bonchev–Trinajstić information content (AvgIpc) is 3.72. The lowest BCUT2D eigenvalue weighted by Gasteiger charge is -2.65. The predicted octanol–water partition coefficient (Wildman–Crippen LogP) is 3.93. The molecule has 1 saturated heterocycles. The van der Waals surface area contributed by atoms with E-state index in [1.807, 2.05) is 17.0 Å². The Morgan fingerprint density at radius 2 is 1.95 bits per heavy atom. The lowest BCUT2D eigenvalue weighted by atomic mass is 9.48. The van der Waals surface area contributed by atoms with Crippen molar-refractivity contribution in [3.63, 3.8) is 0 Å². The van der Waals surface area contributed by atoms with Gasteiger partial charge in [0, 0.05) is 24.1 Å². The molecule has 2 aliphatic heterocycles. The highest BCUT2D eigenvalue weighted by atomic mass is 16.5. The summed E-state index contributed by atoms with van der Waals surface area (Å²) in [6.45, 7) is 3.11. The third-order valence-electron chi connectivity index (χ3n) is 11.0. The fraction of sp³-hybridized carbons (Fsp3) is 0.606. The molecule has 0 aromatic heterocycles. The molecule has 3 fully saturated rings. The molecule has 7 heteroatoms. The number of amides is 1. The molecule has 7 nitrogen and oxygen atoms in total. The van der Waals surface area contributed by atoms with Gasteiger partial charge in [-0.05, 0) is 94.0 Å². The van der Waals surface area contributed by atoms with Crippen molar-refractivity contribution in [2.75, 3.05) is 13.2 Å². The SMILES string of the molecule is Cc1cc(O)c2c3c1C[C@H]1N(C4CC4)CC[C@@]34[C@@H](O2)[C@@H](N(CN)C(=O)CCCCCc2ccccc2)CC[C@@]14O. The number of ether oxygens (including phenoxy) is 1. The number of phenolic OH excluding ortho intramolecular Hbond substituents is 1. The summed E-state index contributed by atoms with van der Waals surface area (Å²) in [4.78, 5) is 18.0. The van der Waals surface area contributed by atoms with Crippen LogP contribution in [0, 0.1) is 6.92 Å². The highest BCUT2D eigenvalue weighted by molar-refractivity contribution is 5.77. The lowest BCUT2D eigenvalue weighted by molar-refractivity contribution is -0.202. The number of unbranched alkanes of at least 4 members (excludes halogenated alkanes) is 2. The van der Waals surface area contributed by atoms with Gasteiger partial charge in [0.1, 0.15) is 6.10 Å². The van der Waals surface area contributed by atoms with Crippen LogP contribution >= 0.6 is 0 Å². The van der Waals surface area contributed by atoms with Gasteiger partial charge in [0.05, 0.1) is 23.7 Å². The van der Waals surface area contributed by atoms with E-state index in [0.717, 1.165) is 56.2 Å². The third-order valence-corrected chi connectivity index (χ3v) is 11.0. The number of aliphatic hydroxyl groups is 1. The molecule has 0 unspecified atom stereocenters. The van der Waals surface area contributed by atoms with Gasteiger partial charge in [-0.1, -0.05) is 36.8 Å². The Kier molecular flexibility index (Phi) is 6.41. The summed E-state index contributed by atoms with van der Waals surface area (Å²) >= 11 is 0. The zero-order valence-electron chi connectivity index (χ0n) is 23.6. The molecule has 3 aliphatic carbocycles. The standard InChI is InChI=1S/C33H43N3O4/c1-21-18-26(37)30-29-24(21)19-27-33(39)15-14-25(31(40-30)32(29,33)16-17-35(27)23-12-13-23)36(20-34)28(38)11-7-3-6-10-22-8-4-2-5-9-22/h2,4-5,8-9,18,23,25,27,31,37,39H,3,6-7,10-17,19-20,34H2,1H3/t25-,27+,31-,32-,33+/m0/s1. The Balaban J connectivity index is 1.14. The number of phenols is 1. The number of aromatic hydroxyl groups is 1. The number of hydrogen-bond donors (Lipinski definition) is 3. The Hall–Kier alpha value is -2.61. The van der Waals surface area contributed by atoms with Gasteiger partial charge in [0.15, 0.2) is 11.5 Å². The van der Waals surface area contributed by atoms with E-state index in [-0.39, 0.29) is 30.4 Å². The van der Waals surface area contributed by atoms with Crippen LogP contribution in [0.25, 0.3) is 0 Å². The van der Waals surface area contributed by atoms with Crippen LogP contribution in [0.2, 0.25) is 0 Å². The fourth-order valence-corrected chi connectivity index (χ4v) is 8.97. The Bertz CT molecular complexity index is 1300. The maximum atomic E-state index is 13.6. The number of nitrogens with zero attached hydrogens (tertiary/aromatic N) is 2. The van der Waals surface area contributed by atoms with E-state index in [1.54, 1.807) is 0 Å². The van der Waals surface area contributed by atoms with Crippen molar-refractivity contribution in [1.82, 2.24) is 9.80 Å². The molecule has 2 saturated carbocycles. The van der Waals surface area contributed by atoms with Crippen LogP contribution in [-0.4, -0.2) is 69.0 Å². The first-order chi connectivity index (χ1) is 19.4. The maximum Gasteiger partial charge on any atom is 0.223 e. The van der Waals surface area contributed by atoms with E-state index in [0.29, 0.717) is 31.1 Å². The number of nitrogens with two attached hydrogens (primary N) is 1. The van der Waals surface area contributed by atoms with E-state index >= 15 is 0 Å². The Morgan fingerprint density at radius 3 is 2.70 bits per heavy atom. The zero-order valence-corrected chi connectivity index (χ0v) is 23.6. The van der Waals surface area contributed by atoms with Crippen molar-refractivity contribution >= 4 is 5.91 Å². The monoisotopic (exact) mass is 545 g/mol. The minimum Gasteiger partial charge on any atom is -0.504 e. The van der Waals surface area contributed by atoms with Crippen LogP contribution < -0.4 is 10.5 Å². The highest BCUT2D eigenvalue weighted by Crippen LogP contribution is 2.67. The molecule has 4 N–H and O–H groups in total. The number of aryl methyl sites for hydroxylation is 2. The summed E-state index contributed by atoms with van der Waals surface area (Å²) in [6, 6.07) is 12.7. The van der Waals surface area contributed by atoms with E-state index in [1.165, 1.54) is 24.0 Å². The number of hydrogen-bond acceptors (Lipinski definition) is 6. The number of piperidine rings is 1. The molecule has 1 amide bonds. The molecule has 2 heterocycles. The Labute approximate surface area is 237 Å². The van der Waals surface area contributed by atoms with Gasteiger partial charge in [-0.2, -0.15) is 0 Å². The van der Waals surface area contributed by atoms with E-state index in [9.17, 15) is 15.0 Å². The van der Waals surface area contributed by atoms with Crippen LogP contribution in [0.1, 0.15) is 80.0 Å². The van der Waals surface area contributed by atoms with Crippen molar-refractivity contribution in [3.05, 3.63) is 58.7 Å². The molecule has 5 aliphatic rings. The van der Waals surface area contributed by atoms with Gasteiger partial charge in [-0.3, -0.25) is 9.69 Å². The van der Waals surface area contributed by atoms with E-state index in [4.69, 9.17) is 10.5 Å². The summed E-state index contributed by atoms with van der Waals surface area (Å²) < 4.78 is 6.70. The second-order valence-electron chi connectivity index (χ2n) is 13.0. The van der Waals surface area contributed by atoms with Gasteiger partial charge in [-0.15, -0.1) is 0 Å². The van der Waals surface area contributed by atoms with Gasteiger partial charge < -0.3 is 25.6 Å². The first-order valence-electron chi connectivity index (χ1n) is 15.4. The van der Waals surface area contributed by atoms with Crippen LogP contribution in [0.5, 0.6) is 11.5 Å². The molecule has 0 radical (unpaired) electrons. The van der Waals surface area contributed by atoms with Crippen LogP contribution in [0.4, 0.5) is 0 Å². The number of carbonyl (C=O) groups is 1. The molecule has 2 aromatic carbocycles. The van der Waals surface area contributed by atoms with Crippen LogP contribution in [-0.2, 0) is 23.1 Å². The van der Waals surface area contributed by atoms with Crippen molar-refractivity contribution in [2.45, 2.75) is 113 Å². The molecular weight excluding hydrogens is 502 g/mol. The molecule has 2 bridgehead atoms. The number of carbonyl (C=O) groups excluding carboxylic acids is 1. The van der Waals surface area contributed by atoms with Gasteiger partial charge in [-0.25, -0.2) is 0 Å². The molecule has 1 spiro atoms. The van der Waals surface area contributed by atoms with Crippen molar-refractivity contribution in [3.8, 4) is 11.5 Å². The summed E-state index contributed by atoms with van der Waals surface area (Å²) in [7, 11) is 0. The number of rotatable bonds is 9. The van der Waals surface area contributed by atoms with Gasteiger partial charge >= 0.3 is 0 Å². The summed E-state index contributed by atoms with van der Waals surface area (Å²) in [6.07, 6.45) is 9.18. The first kappa shape index (κ1) is 26.3. The quantitative estimate of drug-likeness (QED) is 0.326. The average molecular weight is 546 g/mol. The molecule has 5 atom stereocenters. The first-order valence-corrected chi connectivity index (χ1v) is 15.4. The molecular formula is C33H43N3O4. The van der Waals surface area contributed by atoms with Crippen molar-refractivity contribution < 1.29 is 19.7 Å². The normalized spacial score (nSPS) is 31.9. The van der Waals surface area contributed by atoms with Crippen molar-refractivity contribution in [2.24, 2.45) is 5.73 Å². The maximum absolute atomic E-state index is 13.6. The fourth-order valence-electron chi connectivity index (χ4n) is 8.97. The van der Waals surface area contributed by atoms with Gasteiger partial charge in [0.25, 0.3) is 0 Å². The third kappa shape index (κ3) is 3.77. The van der Waals surface area contributed by atoms with Gasteiger partial charge in [0.2, 0.25) is 5.91 Å².